The first-order chi connectivity index (χ1) is 10.5. The Balaban J connectivity index is 2.74. The molecule has 0 aliphatic heterocycles. The largest absolute Gasteiger partial charge is 0.478 e. The minimum absolute atomic E-state index is 0.0105. The van der Waals surface area contributed by atoms with Crippen molar-refractivity contribution in [3.8, 4) is 0 Å². The number of aliphatic carboxylic acids is 1. The molecule has 0 aliphatic rings. The first kappa shape index (κ1) is 19.6. The van der Waals surface area contributed by atoms with Gasteiger partial charge in [-0.1, -0.05) is 57.7 Å². The van der Waals surface area contributed by atoms with Crippen LogP contribution >= 0.6 is 0 Å². The Morgan fingerprint density at radius 3 is 2.30 bits per heavy atom. The lowest BCUT2D eigenvalue weighted by Gasteiger charge is -2.39. The minimum Gasteiger partial charge on any atom is -0.478 e. The van der Waals surface area contributed by atoms with Crippen LogP contribution in [-0.4, -0.2) is 32.1 Å². The van der Waals surface area contributed by atoms with Crippen molar-refractivity contribution in [3.05, 3.63) is 48.0 Å². The minimum atomic E-state index is -2.11. The zero-order valence-corrected chi connectivity index (χ0v) is 15.8. The van der Waals surface area contributed by atoms with Gasteiger partial charge in [0.25, 0.3) is 0 Å². The number of ether oxygens (including phenoxy) is 1. The van der Waals surface area contributed by atoms with E-state index in [1.54, 1.807) is 0 Å². The Labute approximate surface area is 140 Å². The van der Waals surface area contributed by atoms with Gasteiger partial charge in [0.15, 0.2) is 8.32 Å². The van der Waals surface area contributed by atoms with Crippen molar-refractivity contribution in [1.29, 1.82) is 0 Å². The number of benzene rings is 1. The van der Waals surface area contributed by atoms with Gasteiger partial charge in [-0.05, 0) is 23.7 Å². The summed E-state index contributed by atoms with van der Waals surface area (Å²) in [5.41, 5.74) is 1.09. The molecule has 1 N–H and O–H groups in total. The molecule has 4 nitrogen and oxygen atoms in total. The second-order valence-electron chi connectivity index (χ2n) is 7.20. The second-order valence-corrected chi connectivity index (χ2v) is 12.0. The molecular weight excluding hydrogens is 308 g/mol. The number of hydrogen-bond acceptors (Lipinski definition) is 3. The van der Waals surface area contributed by atoms with Crippen molar-refractivity contribution in [2.45, 2.75) is 51.6 Å². The molecule has 128 valence electrons. The molecule has 1 aromatic carbocycles. The lowest BCUT2D eigenvalue weighted by Crippen LogP contribution is -2.46. The summed E-state index contributed by atoms with van der Waals surface area (Å²) in [5, 5.41) is 9.24. The summed E-state index contributed by atoms with van der Waals surface area (Å²) in [6.07, 6.45) is -0.628. The molecule has 0 aliphatic carbocycles. The standard InChI is InChI=1S/C18H28O4Si/c1-14(17(19)20)16(22-23(5,6)18(2,3)4)13-21-12-15-10-8-7-9-11-15/h7-11,16H,1,12-13H2,2-6H3,(H,19,20)/t16-/m1/s1. The van der Waals surface area contributed by atoms with Crippen LogP contribution < -0.4 is 0 Å². The molecule has 0 saturated heterocycles. The van der Waals surface area contributed by atoms with E-state index in [-0.39, 0.29) is 17.2 Å². The van der Waals surface area contributed by atoms with Gasteiger partial charge in [-0.15, -0.1) is 0 Å². The van der Waals surface area contributed by atoms with E-state index in [9.17, 15) is 9.90 Å². The molecule has 0 heterocycles. The van der Waals surface area contributed by atoms with Crippen molar-refractivity contribution in [3.63, 3.8) is 0 Å². The van der Waals surface area contributed by atoms with Gasteiger partial charge in [-0.2, -0.15) is 0 Å². The normalized spacial score (nSPS) is 13.6. The van der Waals surface area contributed by atoms with Crippen LogP contribution in [0.15, 0.2) is 42.5 Å². The van der Waals surface area contributed by atoms with E-state index >= 15 is 0 Å². The number of hydrogen-bond donors (Lipinski definition) is 1. The molecule has 0 bridgehead atoms. The highest BCUT2D eigenvalue weighted by atomic mass is 28.4. The van der Waals surface area contributed by atoms with Gasteiger partial charge in [0.1, 0.15) is 6.10 Å². The van der Waals surface area contributed by atoms with Crippen LogP contribution in [0.25, 0.3) is 0 Å². The van der Waals surface area contributed by atoms with Crippen molar-refractivity contribution < 1.29 is 19.1 Å². The SMILES string of the molecule is C=C(C(=O)O)[C@@H](COCc1ccccc1)O[Si](C)(C)C(C)(C)C. The van der Waals surface area contributed by atoms with Crippen LogP contribution in [0.5, 0.6) is 0 Å². The summed E-state index contributed by atoms with van der Waals surface area (Å²) in [6.45, 7) is 14.8. The van der Waals surface area contributed by atoms with Gasteiger partial charge >= 0.3 is 5.97 Å². The molecular formula is C18H28O4Si. The first-order valence-electron chi connectivity index (χ1n) is 7.76. The van der Waals surface area contributed by atoms with Crippen LogP contribution in [0.4, 0.5) is 0 Å². The zero-order chi connectivity index (χ0) is 17.7. The van der Waals surface area contributed by atoms with Crippen LogP contribution in [0.1, 0.15) is 26.3 Å². The van der Waals surface area contributed by atoms with E-state index in [1.807, 2.05) is 30.3 Å². The molecule has 1 atom stereocenters. The summed E-state index contributed by atoms with van der Waals surface area (Å²) in [4.78, 5) is 11.3. The summed E-state index contributed by atoms with van der Waals surface area (Å²) in [7, 11) is -2.11. The van der Waals surface area contributed by atoms with Gasteiger partial charge in [-0.3, -0.25) is 0 Å². The molecule has 0 spiro atoms. The van der Waals surface area contributed by atoms with E-state index in [2.05, 4.69) is 40.4 Å². The van der Waals surface area contributed by atoms with Crippen LogP contribution in [-0.2, 0) is 20.6 Å². The Bertz CT molecular complexity index is 532. The van der Waals surface area contributed by atoms with Gasteiger partial charge in [0, 0.05) is 0 Å². The Morgan fingerprint density at radius 2 is 1.83 bits per heavy atom. The Morgan fingerprint density at radius 1 is 1.26 bits per heavy atom. The van der Waals surface area contributed by atoms with Crippen LogP contribution in [0.3, 0.4) is 0 Å². The Kier molecular flexibility index (Phi) is 6.74. The molecule has 5 heteroatoms. The number of rotatable bonds is 8. The van der Waals surface area contributed by atoms with Gasteiger partial charge in [0.05, 0.1) is 18.8 Å². The summed E-state index contributed by atoms with van der Waals surface area (Å²) < 4.78 is 11.9. The fourth-order valence-electron chi connectivity index (χ4n) is 1.73. The van der Waals surface area contributed by atoms with Crippen molar-refractivity contribution in [2.24, 2.45) is 0 Å². The van der Waals surface area contributed by atoms with E-state index in [1.165, 1.54) is 0 Å². The number of carboxylic acids is 1. The smallest absolute Gasteiger partial charge is 0.333 e. The summed E-state index contributed by atoms with van der Waals surface area (Å²) >= 11 is 0. The average Bonchev–Trinajstić information content (AvgIpc) is 2.45. The molecule has 0 saturated carbocycles. The summed E-state index contributed by atoms with van der Waals surface area (Å²) in [6, 6.07) is 9.77. The third-order valence-corrected chi connectivity index (χ3v) is 8.77. The third kappa shape index (κ3) is 5.93. The molecule has 0 unspecified atom stereocenters. The average molecular weight is 337 g/mol. The Hall–Kier alpha value is -1.43. The van der Waals surface area contributed by atoms with E-state index in [0.29, 0.717) is 6.61 Å². The molecule has 0 aromatic heterocycles. The maximum absolute atomic E-state index is 11.3. The summed E-state index contributed by atoms with van der Waals surface area (Å²) in [5.74, 6) is -1.04. The van der Waals surface area contributed by atoms with Gasteiger partial charge in [-0.25, -0.2) is 4.79 Å². The fraction of sp³-hybridized carbons (Fsp3) is 0.500. The topological polar surface area (TPSA) is 55.8 Å². The third-order valence-electron chi connectivity index (χ3n) is 4.29. The predicted molar refractivity (Wildman–Crippen MR) is 94.9 cm³/mol. The predicted octanol–water partition coefficient (Wildman–Crippen LogP) is 4.23. The zero-order valence-electron chi connectivity index (χ0n) is 14.8. The van der Waals surface area contributed by atoms with Crippen molar-refractivity contribution in [1.82, 2.24) is 0 Å². The highest BCUT2D eigenvalue weighted by Gasteiger charge is 2.40. The lowest BCUT2D eigenvalue weighted by molar-refractivity contribution is -0.134. The van der Waals surface area contributed by atoms with Crippen molar-refractivity contribution in [2.75, 3.05) is 6.61 Å². The number of carbonyl (C=O) groups is 1. The van der Waals surface area contributed by atoms with Crippen molar-refractivity contribution >= 4 is 14.3 Å². The highest BCUT2D eigenvalue weighted by molar-refractivity contribution is 6.74. The molecule has 1 aromatic rings. The highest BCUT2D eigenvalue weighted by Crippen LogP contribution is 2.38. The fourth-order valence-corrected chi connectivity index (χ4v) is 3.01. The van der Waals surface area contributed by atoms with E-state index in [0.717, 1.165) is 5.56 Å². The van der Waals surface area contributed by atoms with Gasteiger partial charge in [0.2, 0.25) is 0 Å². The maximum atomic E-state index is 11.3. The maximum Gasteiger partial charge on any atom is 0.333 e. The second kappa shape index (κ2) is 7.90. The molecule has 0 radical (unpaired) electrons. The van der Waals surface area contributed by atoms with E-state index in [4.69, 9.17) is 9.16 Å². The molecule has 1 rings (SSSR count). The molecule has 0 fully saturated rings. The quantitative estimate of drug-likeness (QED) is 0.570. The van der Waals surface area contributed by atoms with Crippen LogP contribution in [0.2, 0.25) is 18.1 Å². The van der Waals surface area contributed by atoms with Crippen LogP contribution in [0, 0.1) is 0 Å². The molecule has 23 heavy (non-hydrogen) atoms. The monoisotopic (exact) mass is 336 g/mol. The number of carboxylic acid groups (broad SMARTS) is 1. The van der Waals surface area contributed by atoms with E-state index < -0.39 is 20.4 Å². The molecule has 0 amide bonds. The lowest BCUT2D eigenvalue weighted by atomic mass is 10.2. The first-order valence-corrected chi connectivity index (χ1v) is 10.7. The van der Waals surface area contributed by atoms with Gasteiger partial charge < -0.3 is 14.3 Å².